The van der Waals surface area contributed by atoms with Crippen LogP contribution in [-0.4, -0.2) is 21.9 Å². The molecule has 0 aliphatic carbocycles. The van der Waals surface area contributed by atoms with Crippen molar-refractivity contribution in [3.05, 3.63) is 48.3 Å². The van der Waals surface area contributed by atoms with Gasteiger partial charge in [-0.2, -0.15) is 4.98 Å². The minimum absolute atomic E-state index is 0.212. The maximum atomic E-state index is 8.96. The van der Waals surface area contributed by atoms with Crippen LogP contribution >= 0.6 is 0 Å². The van der Waals surface area contributed by atoms with E-state index in [1.54, 1.807) is 0 Å². The van der Waals surface area contributed by atoms with Crippen LogP contribution in [0.15, 0.2) is 47.0 Å². The van der Waals surface area contributed by atoms with E-state index in [0.717, 1.165) is 16.3 Å². The molecule has 0 fully saturated rings. The molecule has 1 unspecified atom stereocenters. The van der Waals surface area contributed by atoms with Crippen LogP contribution in [0.2, 0.25) is 0 Å². The van der Waals surface area contributed by atoms with Crippen LogP contribution in [0.3, 0.4) is 0 Å². The second kappa shape index (κ2) is 4.79. The van der Waals surface area contributed by atoms with E-state index in [-0.39, 0.29) is 6.61 Å². The second-order valence-electron chi connectivity index (χ2n) is 4.31. The van der Waals surface area contributed by atoms with Gasteiger partial charge in [0, 0.05) is 5.56 Å². The maximum Gasteiger partial charge on any atom is 0.258 e. The van der Waals surface area contributed by atoms with E-state index in [1.807, 2.05) is 42.5 Å². The first-order valence-corrected chi connectivity index (χ1v) is 5.97. The highest BCUT2D eigenvalue weighted by molar-refractivity contribution is 5.86. The van der Waals surface area contributed by atoms with E-state index >= 15 is 0 Å². The first-order valence-electron chi connectivity index (χ1n) is 5.97. The lowest BCUT2D eigenvalue weighted by molar-refractivity contribution is 0.260. The summed E-state index contributed by atoms with van der Waals surface area (Å²) in [5.41, 5.74) is 6.48. The topological polar surface area (TPSA) is 85.2 Å². The van der Waals surface area contributed by atoms with Gasteiger partial charge in [-0.15, -0.1) is 0 Å². The molecule has 0 radical (unpaired) electrons. The summed E-state index contributed by atoms with van der Waals surface area (Å²) in [6.45, 7) is -0.212. The Morgan fingerprint density at radius 1 is 1.16 bits per heavy atom. The number of hydrogen-bond donors (Lipinski definition) is 2. The summed E-state index contributed by atoms with van der Waals surface area (Å²) in [5.74, 6) is 0.718. The predicted octanol–water partition coefficient (Wildman–Crippen LogP) is 1.88. The highest BCUT2D eigenvalue weighted by atomic mass is 16.5. The smallest absolute Gasteiger partial charge is 0.258 e. The zero-order valence-corrected chi connectivity index (χ0v) is 10.2. The monoisotopic (exact) mass is 255 g/mol. The van der Waals surface area contributed by atoms with Gasteiger partial charge in [0.15, 0.2) is 5.82 Å². The first-order chi connectivity index (χ1) is 9.28. The fourth-order valence-electron chi connectivity index (χ4n) is 1.91. The molecule has 1 atom stereocenters. The van der Waals surface area contributed by atoms with Crippen molar-refractivity contribution in [3.63, 3.8) is 0 Å². The fraction of sp³-hybridized carbons (Fsp3) is 0.143. The van der Waals surface area contributed by atoms with Gasteiger partial charge in [-0.25, -0.2) is 0 Å². The number of benzene rings is 2. The molecule has 0 bridgehead atoms. The SMILES string of the molecule is NC(CO)c1noc(-c2ccc3ccccc3c2)n1. The number of hydrogen-bond acceptors (Lipinski definition) is 5. The molecule has 5 heteroatoms. The molecule has 0 saturated heterocycles. The minimum atomic E-state index is -0.613. The summed E-state index contributed by atoms with van der Waals surface area (Å²) in [5, 5.41) is 15.0. The molecule has 3 N–H and O–H groups in total. The third kappa shape index (κ3) is 2.21. The first kappa shape index (κ1) is 11.8. The molecular formula is C14H13N3O2. The van der Waals surface area contributed by atoms with Gasteiger partial charge in [-0.1, -0.05) is 35.5 Å². The molecule has 0 aliphatic rings. The number of nitrogens with zero attached hydrogens (tertiary/aromatic N) is 2. The van der Waals surface area contributed by atoms with Crippen molar-refractivity contribution >= 4 is 10.8 Å². The van der Waals surface area contributed by atoms with Crippen LogP contribution in [0, 0.1) is 0 Å². The van der Waals surface area contributed by atoms with Crippen molar-refractivity contribution in [1.29, 1.82) is 0 Å². The Morgan fingerprint density at radius 2 is 1.95 bits per heavy atom. The molecule has 1 heterocycles. The fourth-order valence-corrected chi connectivity index (χ4v) is 1.91. The summed E-state index contributed by atoms with van der Waals surface area (Å²) in [7, 11) is 0. The lowest BCUT2D eigenvalue weighted by Crippen LogP contribution is -2.15. The lowest BCUT2D eigenvalue weighted by atomic mass is 10.1. The van der Waals surface area contributed by atoms with Crippen LogP contribution in [0.5, 0.6) is 0 Å². The van der Waals surface area contributed by atoms with Crippen molar-refractivity contribution in [2.24, 2.45) is 5.73 Å². The van der Waals surface area contributed by atoms with Gasteiger partial charge in [-0.05, 0) is 22.9 Å². The van der Waals surface area contributed by atoms with Gasteiger partial charge >= 0.3 is 0 Å². The highest BCUT2D eigenvalue weighted by Gasteiger charge is 2.14. The molecule has 3 rings (SSSR count). The Hall–Kier alpha value is -2.24. The Kier molecular flexibility index (Phi) is 2.98. The third-order valence-electron chi connectivity index (χ3n) is 2.97. The number of nitrogens with two attached hydrogens (primary N) is 1. The number of aromatic nitrogens is 2. The molecule has 0 amide bonds. The predicted molar refractivity (Wildman–Crippen MR) is 71.3 cm³/mol. The third-order valence-corrected chi connectivity index (χ3v) is 2.97. The van der Waals surface area contributed by atoms with Crippen LogP contribution in [-0.2, 0) is 0 Å². The molecule has 2 aromatic carbocycles. The van der Waals surface area contributed by atoms with E-state index in [0.29, 0.717) is 11.7 Å². The second-order valence-corrected chi connectivity index (χ2v) is 4.31. The van der Waals surface area contributed by atoms with E-state index in [4.69, 9.17) is 15.4 Å². The Balaban J connectivity index is 2.01. The number of aliphatic hydroxyl groups excluding tert-OH is 1. The van der Waals surface area contributed by atoms with Crippen LogP contribution in [0.1, 0.15) is 11.9 Å². The molecule has 19 heavy (non-hydrogen) atoms. The summed E-state index contributed by atoms with van der Waals surface area (Å²) < 4.78 is 5.17. The number of fused-ring (bicyclic) bond motifs is 1. The van der Waals surface area contributed by atoms with Gasteiger partial charge in [0.05, 0.1) is 12.6 Å². The van der Waals surface area contributed by atoms with Crippen molar-refractivity contribution < 1.29 is 9.63 Å². The van der Waals surface area contributed by atoms with Crippen LogP contribution < -0.4 is 5.73 Å². The lowest BCUT2D eigenvalue weighted by Gasteiger charge is -2.00. The quantitative estimate of drug-likeness (QED) is 0.746. The van der Waals surface area contributed by atoms with E-state index in [1.165, 1.54) is 0 Å². The van der Waals surface area contributed by atoms with Gasteiger partial charge in [0.25, 0.3) is 5.89 Å². The molecule has 1 aromatic heterocycles. The average Bonchev–Trinajstić information content (AvgIpc) is 2.95. The van der Waals surface area contributed by atoms with Crippen LogP contribution in [0.4, 0.5) is 0 Å². The van der Waals surface area contributed by atoms with E-state index in [9.17, 15) is 0 Å². The van der Waals surface area contributed by atoms with E-state index in [2.05, 4.69) is 10.1 Å². The van der Waals surface area contributed by atoms with Gasteiger partial charge in [0.1, 0.15) is 0 Å². The van der Waals surface area contributed by atoms with Gasteiger partial charge in [0.2, 0.25) is 0 Å². The summed E-state index contributed by atoms with van der Waals surface area (Å²) >= 11 is 0. The Labute approximate surface area is 109 Å². The molecule has 0 aliphatic heterocycles. The molecule has 0 spiro atoms. The van der Waals surface area contributed by atoms with Gasteiger partial charge < -0.3 is 15.4 Å². The molecule has 0 saturated carbocycles. The van der Waals surface area contributed by atoms with E-state index < -0.39 is 6.04 Å². The normalized spacial score (nSPS) is 12.7. The highest BCUT2D eigenvalue weighted by Crippen LogP contribution is 2.23. The summed E-state index contributed by atoms with van der Waals surface area (Å²) in [6.07, 6.45) is 0. The van der Waals surface area contributed by atoms with Crippen molar-refractivity contribution in [2.45, 2.75) is 6.04 Å². The number of rotatable bonds is 3. The zero-order chi connectivity index (χ0) is 13.2. The molecule has 5 nitrogen and oxygen atoms in total. The Bertz CT molecular complexity index is 708. The molecule has 96 valence electrons. The van der Waals surface area contributed by atoms with Crippen molar-refractivity contribution in [2.75, 3.05) is 6.61 Å². The summed E-state index contributed by atoms with van der Waals surface area (Å²) in [6, 6.07) is 13.3. The van der Waals surface area contributed by atoms with Crippen molar-refractivity contribution in [3.8, 4) is 11.5 Å². The summed E-state index contributed by atoms with van der Waals surface area (Å²) in [4.78, 5) is 4.20. The maximum absolute atomic E-state index is 8.96. The van der Waals surface area contributed by atoms with Gasteiger partial charge in [-0.3, -0.25) is 0 Å². The average molecular weight is 255 g/mol. The largest absolute Gasteiger partial charge is 0.394 e. The molecule has 3 aromatic rings. The molecular weight excluding hydrogens is 242 g/mol. The Morgan fingerprint density at radius 3 is 2.74 bits per heavy atom. The van der Waals surface area contributed by atoms with Crippen LogP contribution in [0.25, 0.3) is 22.2 Å². The standard InChI is InChI=1S/C14H13N3O2/c15-12(8-18)13-16-14(19-17-13)11-6-5-9-3-1-2-4-10(9)7-11/h1-7,12,18H,8,15H2. The minimum Gasteiger partial charge on any atom is -0.394 e. The zero-order valence-electron chi connectivity index (χ0n) is 10.2. The van der Waals surface area contributed by atoms with Crippen molar-refractivity contribution in [1.82, 2.24) is 10.1 Å². The number of aliphatic hydroxyl groups is 1.